The van der Waals surface area contributed by atoms with E-state index in [9.17, 15) is 9.90 Å². The van der Waals surface area contributed by atoms with Crippen LogP contribution in [0.5, 0.6) is 5.75 Å². The Morgan fingerprint density at radius 3 is 2.45 bits per heavy atom. The first-order valence-corrected chi connectivity index (χ1v) is 7.26. The maximum atomic E-state index is 11.2. The molecule has 116 valence electrons. The summed E-state index contributed by atoms with van der Waals surface area (Å²) in [5, 5.41) is 12.4. The molecule has 0 spiro atoms. The van der Waals surface area contributed by atoms with Crippen molar-refractivity contribution in [3.8, 4) is 5.75 Å². The van der Waals surface area contributed by atoms with Crippen molar-refractivity contribution in [3.63, 3.8) is 0 Å². The second kappa shape index (κ2) is 6.98. The molecule has 4 heteroatoms. The maximum Gasteiger partial charge on any atom is 0.337 e. The Balaban J connectivity index is 1.96. The van der Waals surface area contributed by atoms with Crippen LogP contribution in [0.25, 0.3) is 0 Å². The predicted molar refractivity (Wildman–Crippen MR) is 88.0 cm³/mol. The van der Waals surface area contributed by atoms with Gasteiger partial charge < -0.3 is 15.2 Å². The molecule has 0 saturated carbocycles. The number of carboxylic acids is 1. The van der Waals surface area contributed by atoms with Crippen LogP contribution in [-0.4, -0.2) is 24.2 Å². The van der Waals surface area contributed by atoms with E-state index in [1.165, 1.54) is 0 Å². The fourth-order valence-corrected chi connectivity index (χ4v) is 2.35. The van der Waals surface area contributed by atoms with Crippen LogP contribution >= 0.6 is 0 Å². The average Bonchev–Trinajstić information content (AvgIpc) is 2.47. The molecule has 2 aromatic carbocycles. The summed E-state index contributed by atoms with van der Waals surface area (Å²) in [6.07, 6.45) is 0. The van der Waals surface area contributed by atoms with E-state index in [-0.39, 0.29) is 5.56 Å². The van der Waals surface area contributed by atoms with Gasteiger partial charge in [0, 0.05) is 12.2 Å². The van der Waals surface area contributed by atoms with Crippen molar-refractivity contribution < 1.29 is 14.6 Å². The number of anilines is 1. The van der Waals surface area contributed by atoms with Gasteiger partial charge in [-0.3, -0.25) is 0 Å². The predicted octanol–water partition coefficient (Wildman–Crippen LogP) is 3.80. The molecule has 0 atom stereocenters. The second-order valence-corrected chi connectivity index (χ2v) is 5.35. The number of para-hydroxylation sites is 1. The summed E-state index contributed by atoms with van der Waals surface area (Å²) >= 11 is 0. The summed E-state index contributed by atoms with van der Waals surface area (Å²) < 4.78 is 5.80. The number of hydrogen-bond acceptors (Lipinski definition) is 3. The number of aromatic carboxylic acids is 1. The zero-order valence-corrected chi connectivity index (χ0v) is 13.1. The minimum atomic E-state index is -0.929. The van der Waals surface area contributed by atoms with E-state index in [0.717, 1.165) is 22.4 Å². The van der Waals surface area contributed by atoms with Gasteiger partial charge in [-0.2, -0.15) is 0 Å². The van der Waals surface area contributed by atoms with Crippen molar-refractivity contribution in [3.05, 3.63) is 58.7 Å². The summed E-state index contributed by atoms with van der Waals surface area (Å²) in [4.78, 5) is 11.2. The lowest BCUT2D eigenvalue weighted by atomic mass is 10.1. The van der Waals surface area contributed by atoms with Crippen LogP contribution in [0.3, 0.4) is 0 Å². The highest BCUT2D eigenvalue weighted by Gasteiger charge is 2.10. The zero-order chi connectivity index (χ0) is 16.1. The van der Waals surface area contributed by atoms with Gasteiger partial charge in [-0.05, 0) is 44.0 Å². The van der Waals surface area contributed by atoms with Gasteiger partial charge >= 0.3 is 5.97 Å². The molecule has 0 unspecified atom stereocenters. The number of carbonyl (C=O) groups is 1. The van der Waals surface area contributed by atoms with E-state index in [4.69, 9.17) is 4.74 Å². The minimum absolute atomic E-state index is 0.284. The molecule has 0 aliphatic heterocycles. The summed E-state index contributed by atoms with van der Waals surface area (Å²) in [6, 6.07) is 11.4. The summed E-state index contributed by atoms with van der Waals surface area (Å²) in [5.41, 5.74) is 4.02. The molecular formula is C18H21NO3. The number of carboxylic acid groups (broad SMARTS) is 1. The monoisotopic (exact) mass is 299 g/mol. The normalized spacial score (nSPS) is 10.3. The first kappa shape index (κ1) is 15.9. The molecule has 2 N–H and O–H groups in total. The smallest absolute Gasteiger partial charge is 0.337 e. The molecule has 0 fully saturated rings. The van der Waals surface area contributed by atoms with Crippen LogP contribution in [-0.2, 0) is 0 Å². The Hall–Kier alpha value is -2.49. The summed E-state index contributed by atoms with van der Waals surface area (Å²) in [5.74, 6) is -0.0338. The lowest BCUT2D eigenvalue weighted by molar-refractivity contribution is 0.0698. The van der Waals surface area contributed by atoms with E-state index in [1.807, 2.05) is 45.0 Å². The first-order chi connectivity index (χ1) is 10.5. The molecule has 0 saturated heterocycles. The first-order valence-electron chi connectivity index (χ1n) is 7.26. The van der Waals surface area contributed by atoms with Crippen LogP contribution in [0.2, 0.25) is 0 Å². The number of benzene rings is 2. The van der Waals surface area contributed by atoms with Gasteiger partial charge in [0.25, 0.3) is 0 Å². The molecular weight excluding hydrogens is 278 g/mol. The molecule has 0 radical (unpaired) electrons. The SMILES string of the molecule is Cc1ccc(NCCOc2c(C)cccc2C)c(C(=O)O)c1. The highest BCUT2D eigenvalue weighted by molar-refractivity contribution is 5.94. The number of hydrogen-bond donors (Lipinski definition) is 2. The Morgan fingerprint density at radius 2 is 1.82 bits per heavy atom. The standard InChI is InChI=1S/C18H21NO3/c1-12-7-8-16(15(11-12)18(20)21)19-9-10-22-17-13(2)5-4-6-14(17)3/h4-8,11,19H,9-10H2,1-3H3,(H,20,21). The van der Waals surface area contributed by atoms with Crippen LogP contribution in [0, 0.1) is 20.8 Å². The largest absolute Gasteiger partial charge is 0.491 e. The molecule has 2 aromatic rings. The molecule has 0 aliphatic rings. The summed E-state index contributed by atoms with van der Waals surface area (Å²) in [6.45, 7) is 6.91. The molecule has 22 heavy (non-hydrogen) atoms. The number of nitrogens with one attached hydrogen (secondary N) is 1. The lowest BCUT2D eigenvalue weighted by Gasteiger charge is -2.14. The van der Waals surface area contributed by atoms with Crippen molar-refractivity contribution in [2.45, 2.75) is 20.8 Å². The van der Waals surface area contributed by atoms with E-state index < -0.39 is 5.97 Å². The molecule has 0 heterocycles. The molecule has 0 aliphatic carbocycles. The highest BCUT2D eigenvalue weighted by Crippen LogP contribution is 2.22. The fraction of sp³-hybridized carbons (Fsp3) is 0.278. The number of rotatable bonds is 6. The molecule has 4 nitrogen and oxygen atoms in total. The Morgan fingerprint density at radius 1 is 1.14 bits per heavy atom. The van der Waals surface area contributed by atoms with E-state index in [0.29, 0.717) is 18.8 Å². The van der Waals surface area contributed by atoms with Gasteiger partial charge in [0.1, 0.15) is 12.4 Å². The van der Waals surface area contributed by atoms with Crippen LogP contribution in [0.4, 0.5) is 5.69 Å². The van der Waals surface area contributed by atoms with Crippen molar-refractivity contribution >= 4 is 11.7 Å². The summed E-state index contributed by atoms with van der Waals surface area (Å²) in [7, 11) is 0. The minimum Gasteiger partial charge on any atom is -0.491 e. The van der Waals surface area contributed by atoms with E-state index in [2.05, 4.69) is 5.32 Å². The fourth-order valence-electron chi connectivity index (χ4n) is 2.35. The van der Waals surface area contributed by atoms with Crippen LogP contribution in [0.1, 0.15) is 27.0 Å². The van der Waals surface area contributed by atoms with Crippen molar-refractivity contribution in [1.82, 2.24) is 0 Å². The van der Waals surface area contributed by atoms with Gasteiger partial charge in [0.15, 0.2) is 0 Å². The topological polar surface area (TPSA) is 58.6 Å². The molecule has 0 amide bonds. The zero-order valence-electron chi connectivity index (χ0n) is 13.1. The average molecular weight is 299 g/mol. The van der Waals surface area contributed by atoms with Gasteiger partial charge in [0.2, 0.25) is 0 Å². The van der Waals surface area contributed by atoms with Gasteiger partial charge in [-0.25, -0.2) is 4.79 Å². The van der Waals surface area contributed by atoms with Gasteiger partial charge in [-0.15, -0.1) is 0 Å². The Bertz CT molecular complexity index is 660. The van der Waals surface area contributed by atoms with Crippen molar-refractivity contribution in [2.24, 2.45) is 0 Å². The van der Waals surface area contributed by atoms with E-state index in [1.54, 1.807) is 12.1 Å². The van der Waals surface area contributed by atoms with E-state index >= 15 is 0 Å². The third-order valence-electron chi connectivity index (χ3n) is 3.48. The molecule has 2 rings (SSSR count). The van der Waals surface area contributed by atoms with Crippen molar-refractivity contribution in [2.75, 3.05) is 18.5 Å². The second-order valence-electron chi connectivity index (χ2n) is 5.35. The Kier molecular flexibility index (Phi) is 5.04. The van der Waals surface area contributed by atoms with Crippen molar-refractivity contribution in [1.29, 1.82) is 0 Å². The third kappa shape index (κ3) is 3.79. The van der Waals surface area contributed by atoms with Gasteiger partial charge in [0.05, 0.1) is 5.56 Å². The molecule has 0 aromatic heterocycles. The maximum absolute atomic E-state index is 11.2. The highest BCUT2D eigenvalue weighted by atomic mass is 16.5. The Labute approximate surface area is 130 Å². The van der Waals surface area contributed by atoms with Crippen LogP contribution in [0.15, 0.2) is 36.4 Å². The molecule has 0 bridgehead atoms. The quantitative estimate of drug-likeness (QED) is 0.797. The lowest BCUT2D eigenvalue weighted by Crippen LogP contribution is -2.14. The third-order valence-corrected chi connectivity index (χ3v) is 3.48. The van der Waals surface area contributed by atoms with Crippen LogP contribution < -0.4 is 10.1 Å². The van der Waals surface area contributed by atoms with Gasteiger partial charge in [-0.1, -0.05) is 29.8 Å². The number of aryl methyl sites for hydroxylation is 3. The number of ether oxygens (including phenoxy) is 1.